The average molecular weight is 358 g/mol. The largest absolute Gasteiger partial charge is 0.443 e. The van der Waals surface area contributed by atoms with Crippen LogP contribution in [0.4, 0.5) is 4.79 Å². The van der Waals surface area contributed by atoms with Crippen LogP contribution in [0.2, 0.25) is 0 Å². The molecule has 124 valence electrons. The van der Waals surface area contributed by atoms with Crippen molar-refractivity contribution in [1.82, 2.24) is 9.78 Å². The first-order chi connectivity index (χ1) is 10.8. The van der Waals surface area contributed by atoms with Crippen LogP contribution in [0, 0.1) is 0 Å². The third-order valence-corrected chi connectivity index (χ3v) is 4.99. The summed E-state index contributed by atoms with van der Waals surface area (Å²) in [6, 6.07) is 6.85. The Kier molecular flexibility index (Phi) is 5.26. The highest BCUT2D eigenvalue weighted by Crippen LogP contribution is 2.07. The minimum atomic E-state index is -3.95. The van der Waals surface area contributed by atoms with Crippen molar-refractivity contribution in [2.75, 3.05) is 0 Å². The standard InChI is InChI=1S/C12H14N4O5S2/c1-16-10(22-12(15-16)23(13,19)20)14-11(18)21-7-9-4-2-8(6-17)3-5-9/h2-5,17H,6-7H2,1H3,(H2,13,19,20)/b14-10+. The van der Waals surface area contributed by atoms with E-state index in [9.17, 15) is 13.2 Å². The number of benzene rings is 1. The summed E-state index contributed by atoms with van der Waals surface area (Å²) >= 11 is 0.665. The fourth-order valence-corrected chi connectivity index (χ4v) is 3.07. The zero-order chi connectivity index (χ0) is 17.0. The Balaban J connectivity index is 2.08. The van der Waals surface area contributed by atoms with Gasteiger partial charge in [0.1, 0.15) is 6.61 Å². The predicted octanol–water partition coefficient (Wildman–Crippen LogP) is -0.141. The fraction of sp³-hybridized carbons (Fsp3) is 0.250. The third kappa shape index (κ3) is 4.69. The minimum absolute atomic E-state index is 0.00138. The molecular formula is C12H14N4O5S2. The maximum absolute atomic E-state index is 11.7. The monoisotopic (exact) mass is 358 g/mol. The smallest absolute Gasteiger partial charge is 0.436 e. The number of rotatable bonds is 4. The number of aromatic nitrogens is 2. The summed E-state index contributed by atoms with van der Waals surface area (Å²) in [7, 11) is -2.51. The molecule has 0 aliphatic carbocycles. The third-order valence-electron chi connectivity index (χ3n) is 2.69. The number of primary sulfonamides is 1. The molecule has 1 aromatic carbocycles. The number of carbonyl (C=O) groups excluding carboxylic acids is 1. The molecule has 1 aromatic heterocycles. The Morgan fingerprint density at radius 3 is 2.52 bits per heavy atom. The van der Waals surface area contributed by atoms with Crippen molar-refractivity contribution < 1.29 is 23.1 Å². The van der Waals surface area contributed by atoms with Crippen LogP contribution < -0.4 is 9.94 Å². The Hall–Kier alpha value is -2.08. The number of sulfonamides is 1. The van der Waals surface area contributed by atoms with E-state index in [2.05, 4.69) is 10.1 Å². The van der Waals surface area contributed by atoms with E-state index in [4.69, 9.17) is 15.0 Å². The number of amides is 1. The second kappa shape index (κ2) is 7.00. The van der Waals surface area contributed by atoms with Crippen molar-refractivity contribution in [1.29, 1.82) is 0 Å². The van der Waals surface area contributed by atoms with Gasteiger partial charge in [0.25, 0.3) is 10.0 Å². The number of aryl methyl sites for hydroxylation is 1. The van der Waals surface area contributed by atoms with Crippen LogP contribution in [0.15, 0.2) is 33.6 Å². The molecule has 2 aromatic rings. The topological polar surface area (TPSA) is 137 Å². The zero-order valence-corrected chi connectivity index (χ0v) is 13.7. The van der Waals surface area contributed by atoms with E-state index in [0.717, 1.165) is 15.8 Å². The summed E-state index contributed by atoms with van der Waals surface area (Å²) in [6.07, 6.45) is -0.878. The molecule has 2 rings (SSSR count). The number of hydrogen-bond acceptors (Lipinski definition) is 7. The predicted molar refractivity (Wildman–Crippen MR) is 80.6 cm³/mol. The second-order valence-corrected chi connectivity index (χ2v) is 7.15. The number of ether oxygens (including phenoxy) is 1. The van der Waals surface area contributed by atoms with Crippen LogP contribution in [0.5, 0.6) is 0 Å². The van der Waals surface area contributed by atoms with Crippen molar-refractivity contribution in [2.24, 2.45) is 17.2 Å². The molecule has 0 aliphatic rings. The number of carbonyl (C=O) groups is 1. The molecule has 1 amide bonds. The molecule has 1 heterocycles. The summed E-state index contributed by atoms with van der Waals surface area (Å²) < 4.78 is 28.1. The first-order valence-corrected chi connectivity index (χ1v) is 8.63. The fourth-order valence-electron chi connectivity index (χ4n) is 1.54. The maximum Gasteiger partial charge on any atom is 0.436 e. The van der Waals surface area contributed by atoms with Gasteiger partial charge in [-0.2, -0.15) is 0 Å². The molecule has 3 N–H and O–H groups in total. The lowest BCUT2D eigenvalue weighted by atomic mass is 10.1. The summed E-state index contributed by atoms with van der Waals surface area (Å²) in [6.45, 7) is -0.0672. The van der Waals surface area contributed by atoms with Gasteiger partial charge in [-0.15, -0.1) is 10.1 Å². The summed E-state index contributed by atoms with van der Waals surface area (Å²) in [5.41, 5.74) is 1.47. The van der Waals surface area contributed by atoms with E-state index >= 15 is 0 Å². The van der Waals surface area contributed by atoms with Crippen molar-refractivity contribution in [3.8, 4) is 0 Å². The highest BCUT2D eigenvalue weighted by Gasteiger charge is 2.15. The Morgan fingerprint density at radius 2 is 2.00 bits per heavy atom. The Labute approximate surface area is 135 Å². The molecule has 0 saturated carbocycles. The molecule has 0 radical (unpaired) electrons. The molecule has 0 saturated heterocycles. The second-order valence-electron chi connectivity index (χ2n) is 4.46. The number of aliphatic hydroxyl groups is 1. The number of nitrogens with two attached hydrogens (primary N) is 1. The van der Waals surface area contributed by atoms with Gasteiger partial charge in [0.05, 0.1) is 6.61 Å². The number of aliphatic hydroxyl groups excluding tert-OH is 1. The van der Waals surface area contributed by atoms with Crippen LogP contribution in [-0.2, 0) is 35.0 Å². The number of nitrogens with zero attached hydrogens (tertiary/aromatic N) is 3. The van der Waals surface area contributed by atoms with Crippen LogP contribution in [-0.4, -0.2) is 29.4 Å². The normalized spacial score (nSPS) is 12.4. The summed E-state index contributed by atoms with van der Waals surface area (Å²) in [4.78, 5) is 15.4. The lowest BCUT2D eigenvalue weighted by molar-refractivity contribution is 0.149. The Morgan fingerprint density at radius 1 is 1.39 bits per heavy atom. The van der Waals surface area contributed by atoms with Gasteiger partial charge in [-0.1, -0.05) is 35.6 Å². The van der Waals surface area contributed by atoms with Gasteiger partial charge < -0.3 is 9.84 Å². The molecule has 0 fully saturated rings. The molecule has 9 nitrogen and oxygen atoms in total. The van der Waals surface area contributed by atoms with E-state index in [0.29, 0.717) is 11.3 Å². The maximum atomic E-state index is 11.7. The van der Waals surface area contributed by atoms with Gasteiger partial charge in [0.15, 0.2) is 0 Å². The van der Waals surface area contributed by atoms with Gasteiger partial charge in [-0.05, 0) is 11.1 Å². The molecule has 11 heteroatoms. The summed E-state index contributed by atoms with van der Waals surface area (Å²) in [5.74, 6) is 0. The molecular weight excluding hydrogens is 344 g/mol. The van der Waals surface area contributed by atoms with E-state index in [1.165, 1.54) is 7.05 Å². The molecule has 0 bridgehead atoms. The van der Waals surface area contributed by atoms with E-state index in [1.54, 1.807) is 24.3 Å². The van der Waals surface area contributed by atoms with Gasteiger partial charge >= 0.3 is 6.09 Å². The zero-order valence-electron chi connectivity index (χ0n) is 12.0. The van der Waals surface area contributed by atoms with Gasteiger partial charge in [-0.3, -0.25) is 0 Å². The molecule has 0 aliphatic heterocycles. The van der Waals surface area contributed by atoms with Crippen molar-refractivity contribution in [3.63, 3.8) is 0 Å². The first kappa shape index (κ1) is 17.3. The average Bonchev–Trinajstić information content (AvgIpc) is 2.87. The van der Waals surface area contributed by atoms with Crippen molar-refractivity contribution in [2.45, 2.75) is 17.6 Å². The highest BCUT2D eigenvalue weighted by atomic mass is 32.2. The van der Waals surface area contributed by atoms with Gasteiger partial charge in [0, 0.05) is 7.05 Å². The highest BCUT2D eigenvalue weighted by molar-refractivity contribution is 7.91. The molecule has 0 atom stereocenters. The van der Waals surface area contributed by atoms with Crippen LogP contribution in [0.25, 0.3) is 0 Å². The van der Waals surface area contributed by atoms with Gasteiger partial charge in [0.2, 0.25) is 9.14 Å². The lowest BCUT2D eigenvalue weighted by Crippen LogP contribution is -2.15. The quantitative estimate of drug-likeness (QED) is 0.780. The lowest BCUT2D eigenvalue weighted by Gasteiger charge is -2.02. The molecule has 23 heavy (non-hydrogen) atoms. The molecule has 0 spiro atoms. The van der Waals surface area contributed by atoms with E-state index in [1.807, 2.05) is 0 Å². The van der Waals surface area contributed by atoms with Crippen molar-refractivity contribution in [3.05, 3.63) is 40.2 Å². The van der Waals surface area contributed by atoms with Crippen LogP contribution >= 0.6 is 11.3 Å². The van der Waals surface area contributed by atoms with Gasteiger partial charge in [-0.25, -0.2) is 23.0 Å². The van der Waals surface area contributed by atoms with Crippen molar-refractivity contribution >= 4 is 27.5 Å². The minimum Gasteiger partial charge on any atom is -0.443 e. The number of hydrogen-bond donors (Lipinski definition) is 2. The molecule has 0 unspecified atom stereocenters. The first-order valence-electron chi connectivity index (χ1n) is 6.26. The van der Waals surface area contributed by atoms with E-state index < -0.39 is 16.1 Å². The Bertz CT molecular complexity index is 868. The van der Waals surface area contributed by atoms with Crippen LogP contribution in [0.3, 0.4) is 0 Å². The summed E-state index contributed by atoms with van der Waals surface area (Å²) in [5, 5.41) is 17.6. The van der Waals surface area contributed by atoms with E-state index in [-0.39, 0.29) is 22.4 Å². The van der Waals surface area contributed by atoms with Crippen LogP contribution in [0.1, 0.15) is 11.1 Å². The SMILES string of the molecule is Cn1nc(S(N)(=O)=O)s/c1=N/C(=O)OCc1ccc(CO)cc1.